The van der Waals surface area contributed by atoms with Crippen molar-refractivity contribution in [3.63, 3.8) is 0 Å². The van der Waals surface area contributed by atoms with Crippen LogP contribution in [-0.2, 0) is 28.6 Å². The molecule has 0 aromatic heterocycles. The highest BCUT2D eigenvalue weighted by Gasteiger charge is 2.19. The molecule has 0 bridgehead atoms. The Balaban J connectivity index is 4.27. The first kappa shape index (κ1) is 56.3. The molecule has 1 unspecified atom stereocenters. The molecule has 0 spiro atoms. The van der Waals surface area contributed by atoms with Gasteiger partial charge in [-0.1, -0.05) is 189 Å². The van der Waals surface area contributed by atoms with Gasteiger partial charge >= 0.3 is 17.9 Å². The third kappa shape index (κ3) is 45.4. The Labute approximate surface area is 368 Å². The second-order valence-corrected chi connectivity index (χ2v) is 15.6. The fourth-order valence-corrected chi connectivity index (χ4v) is 6.17. The van der Waals surface area contributed by atoms with Gasteiger partial charge in [-0.3, -0.25) is 14.4 Å². The number of hydrogen-bond donors (Lipinski definition) is 0. The summed E-state index contributed by atoms with van der Waals surface area (Å²) in [5, 5.41) is 0. The number of ether oxygens (including phenoxy) is 3. The molecule has 0 aliphatic rings. The molecular formula is C54H88O6. The van der Waals surface area contributed by atoms with Crippen molar-refractivity contribution >= 4 is 17.9 Å². The number of carbonyl (C=O) groups excluding carboxylic acids is 3. The molecular weight excluding hydrogens is 745 g/mol. The number of allylic oxidation sites excluding steroid dienone is 16. The van der Waals surface area contributed by atoms with Crippen molar-refractivity contribution < 1.29 is 28.6 Å². The van der Waals surface area contributed by atoms with Crippen LogP contribution in [0.25, 0.3) is 0 Å². The van der Waals surface area contributed by atoms with Crippen molar-refractivity contribution in [1.29, 1.82) is 0 Å². The van der Waals surface area contributed by atoms with Crippen molar-refractivity contribution in [2.75, 3.05) is 13.2 Å². The molecule has 0 aromatic rings. The molecule has 0 amide bonds. The minimum absolute atomic E-state index is 0.0929. The lowest BCUT2D eigenvalue weighted by molar-refractivity contribution is -0.167. The summed E-state index contributed by atoms with van der Waals surface area (Å²) >= 11 is 0. The van der Waals surface area contributed by atoms with Gasteiger partial charge in [0.05, 0.1) is 0 Å². The van der Waals surface area contributed by atoms with E-state index in [0.717, 1.165) is 122 Å². The third-order valence-electron chi connectivity index (χ3n) is 9.82. The number of esters is 3. The quantitative estimate of drug-likeness (QED) is 0.0264. The van der Waals surface area contributed by atoms with Gasteiger partial charge in [0.25, 0.3) is 0 Å². The van der Waals surface area contributed by atoms with Crippen LogP contribution in [0.2, 0.25) is 0 Å². The monoisotopic (exact) mass is 833 g/mol. The Kier molecular flexibility index (Phi) is 45.1. The van der Waals surface area contributed by atoms with Crippen LogP contribution >= 0.6 is 0 Å². The van der Waals surface area contributed by atoms with Gasteiger partial charge < -0.3 is 14.2 Å². The molecule has 0 aliphatic carbocycles. The van der Waals surface area contributed by atoms with E-state index < -0.39 is 6.10 Å². The molecule has 0 rings (SSSR count). The van der Waals surface area contributed by atoms with Crippen LogP contribution < -0.4 is 0 Å². The lowest BCUT2D eigenvalue weighted by atomic mass is 10.1. The predicted molar refractivity (Wildman–Crippen MR) is 256 cm³/mol. The summed E-state index contributed by atoms with van der Waals surface area (Å²) in [6.07, 6.45) is 62.8. The first-order valence-corrected chi connectivity index (χ1v) is 24.2. The Morgan fingerprint density at radius 1 is 0.350 bits per heavy atom. The molecule has 60 heavy (non-hydrogen) atoms. The van der Waals surface area contributed by atoms with Crippen molar-refractivity contribution in [3.8, 4) is 0 Å². The molecule has 0 aromatic carbocycles. The van der Waals surface area contributed by atoms with E-state index in [2.05, 4.69) is 118 Å². The highest BCUT2D eigenvalue weighted by Crippen LogP contribution is 2.12. The summed E-state index contributed by atoms with van der Waals surface area (Å²) in [4.78, 5) is 37.6. The molecule has 6 heteroatoms. The van der Waals surface area contributed by atoms with Crippen LogP contribution in [0.1, 0.15) is 207 Å². The largest absolute Gasteiger partial charge is 0.462 e. The standard InChI is InChI=1S/C54H88O6/c1-4-7-10-13-16-18-20-21-22-23-24-25-26-27-28-29-30-31-32-33-35-36-38-41-44-47-53(56)59-50-51(49-58-52(55)46-43-40-15-12-9-6-3)60-54(57)48-45-42-39-37-34-19-17-14-11-8-5-2/h7,10,14,16-18,21-22,24-25,27-28,30-31,33,35,51H,4-6,8-9,11-13,15,19-20,23,26,29,32,34,36-50H2,1-3H3/b10-7-,17-14-,18-16-,22-21-,25-24-,28-27-,31-30-,35-33-. The number of rotatable bonds is 42. The lowest BCUT2D eigenvalue weighted by Crippen LogP contribution is -2.30. The Hall–Kier alpha value is -3.67. The molecule has 0 aliphatic heterocycles. The number of unbranched alkanes of at least 4 members (excludes halogenated alkanes) is 15. The maximum atomic E-state index is 12.7. The second-order valence-electron chi connectivity index (χ2n) is 15.6. The number of hydrogen-bond acceptors (Lipinski definition) is 6. The van der Waals surface area contributed by atoms with Gasteiger partial charge in [-0.2, -0.15) is 0 Å². The van der Waals surface area contributed by atoms with Gasteiger partial charge in [0.2, 0.25) is 0 Å². The van der Waals surface area contributed by atoms with Crippen LogP contribution in [0.5, 0.6) is 0 Å². The molecule has 340 valence electrons. The SMILES string of the molecule is CC/C=C\C/C=C\C/C=C\C/C=C\C/C=C\C/C=C\C/C=C\CCCCCC(=O)OCC(COC(=O)CCCCCCCC)OC(=O)CCCCCCC/C=C\CCCC. The van der Waals surface area contributed by atoms with Crippen LogP contribution in [0.4, 0.5) is 0 Å². The molecule has 0 saturated heterocycles. The fourth-order valence-electron chi connectivity index (χ4n) is 6.17. The number of carbonyl (C=O) groups is 3. The van der Waals surface area contributed by atoms with Gasteiger partial charge in [-0.25, -0.2) is 0 Å². The Morgan fingerprint density at radius 2 is 0.667 bits per heavy atom. The average Bonchev–Trinajstić information content (AvgIpc) is 3.24. The van der Waals surface area contributed by atoms with Crippen LogP contribution in [0, 0.1) is 0 Å². The van der Waals surface area contributed by atoms with E-state index in [9.17, 15) is 14.4 Å². The highest BCUT2D eigenvalue weighted by atomic mass is 16.6. The topological polar surface area (TPSA) is 78.9 Å². The van der Waals surface area contributed by atoms with Crippen molar-refractivity contribution in [3.05, 3.63) is 97.2 Å². The van der Waals surface area contributed by atoms with E-state index >= 15 is 0 Å². The smallest absolute Gasteiger partial charge is 0.306 e. The fraction of sp³-hybridized carbons (Fsp3) is 0.648. The Bertz CT molecular complexity index is 1230. The summed E-state index contributed by atoms with van der Waals surface area (Å²) in [5.41, 5.74) is 0. The molecule has 0 heterocycles. The summed E-state index contributed by atoms with van der Waals surface area (Å²) in [6, 6.07) is 0. The van der Waals surface area contributed by atoms with E-state index in [1.807, 2.05) is 0 Å². The maximum absolute atomic E-state index is 12.7. The molecule has 1 atom stereocenters. The summed E-state index contributed by atoms with van der Waals surface area (Å²) in [5.74, 6) is -0.955. The molecule has 6 nitrogen and oxygen atoms in total. The van der Waals surface area contributed by atoms with E-state index in [0.29, 0.717) is 19.3 Å². The maximum Gasteiger partial charge on any atom is 0.306 e. The van der Waals surface area contributed by atoms with Crippen molar-refractivity contribution in [2.24, 2.45) is 0 Å². The van der Waals surface area contributed by atoms with Crippen LogP contribution in [0.15, 0.2) is 97.2 Å². The second kappa shape index (κ2) is 48.0. The first-order chi connectivity index (χ1) is 29.5. The van der Waals surface area contributed by atoms with Crippen LogP contribution in [-0.4, -0.2) is 37.2 Å². The zero-order valence-electron chi connectivity index (χ0n) is 38.7. The van der Waals surface area contributed by atoms with E-state index in [-0.39, 0.29) is 31.1 Å². The van der Waals surface area contributed by atoms with E-state index in [1.165, 1.54) is 44.9 Å². The molecule has 0 fully saturated rings. The summed E-state index contributed by atoms with van der Waals surface area (Å²) in [7, 11) is 0. The predicted octanol–water partition coefficient (Wildman–Crippen LogP) is 15.8. The minimum Gasteiger partial charge on any atom is -0.462 e. The molecule has 0 saturated carbocycles. The zero-order valence-corrected chi connectivity index (χ0v) is 38.7. The van der Waals surface area contributed by atoms with Gasteiger partial charge in [0.15, 0.2) is 6.10 Å². The van der Waals surface area contributed by atoms with Gasteiger partial charge in [-0.15, -0.1) is 0 Å². The van der Waals surface area contributed by atoms with Gasteiger partial charge in [-0.05, 0) is 96.3 Å². The molecule has 0 N–H and O–H groups in total. The highest BCUT2D eigenvalue weighted by molar-refractivity contribution is 5.71. The average molecular weight is 833 g/mol. The summed E-state index contributed by atoms with van der Waals surface area (Å²) in [6.45, 7) is 6.36. The lowest BCUT2D eigenvalue weighted by Gasteiger charge is -2.18. The van der Waals surface area contributed by atoms with E-state index in [1.54, 1.807) is 0 Å². The molecule has 0 radical (unpaired) electrons. The summed E-state index contributed by atoms with van der Waals surface area (Å²) < 4.78 is 16.6. The van der Waals surface area contributed by atoms with Gasteiger partial charge in [0, 0.05) is 19.3 Å². The van der Waals surface area contributed by atoms with Gasteiger partial charge in [0.1, 0.15) is 13.2 Å². The van der Waals surface area contributed by atoms with Crippen molar-refractivity contribution in [2.45, 2.75) is 213 Å². The first-order valence-electron chi connectivity index (χ1n) is 24.2. The minimum atomic E-state index is -0.791. The van der Waals surface area contributed by atoms with E-state index in [4.69, 9.17) is 14.2 Å². The zero-order chi connectivity index (χ0) is 43.7. The Morgan fingerprint density at radius 3 is 1.10 bits per heavy atom. The van der Waals surface area contributed by atoms with Crippen molar-refractivity contribution in [1.82, 2.24) is 0 Å². The van der Waals surface area contributed by atoms with Crippen LogP contribution in [0.3, 0.4) is 0 Å². The third-order valence-corrected chi connectivity index (χ3v) is 9.82. The normalized spacial score (nSPS) is 12.9.